The van der Waals surface area contributed by atoms with Gasteiger partial charge in [0.25, 0.3) is 0 Å². The lowest BCUT2D eigenvalue weighted by molar-refractivity contribution is -0.120. The summed E-state index contributed by atoms with van der Waals surface area (Å²) >= 11 is 0. The Morgan fingerprint density at radius 1 is 1.24 bits per heavy atom. The van der Waals surface area contributed by atoms with Crippen molar-refractivity contribution < 1.29 is 4.79 Å². The number of hydrogen-bond acceptors (Lipinski definition) is 3. The lowest BCUT2D eigenvalue weighted by Gasteiger charge is -2.17. The molecule has 4 nitrogen and oxygen atoms in total. The van der Waals surface area contributed by atoms with Gasteiger partial charge >= 0.3 is 0 Å². The van der Waals surface area contributed by atoms with Gasteiger partial charge in [-0.25, -0.2) is 0 Å². The first kappa shape index (κ1) is 11.4. The average Bonchev–Trinajstić information content (AvgIpc) is 3.42. The number of fused-ring (bicyclic) bond motifs is 2. The molecule has 3 aliphatic rings. The van der Waals surface area contributed by atoms with Crippen molar-refractivity contribution in [2.24, 2.45) is 0 Å². The van der Waals surface area contributed by atoms with Gasteiger partial charge in [-0.3, -0.25) is 14.8 Å². The van der Waals surface area contributed by atoms with Crippen LogP contribution in [0.5, 0.6) is 0 Å². The summed E-state index contributed by atoms with van der Waals surface area (Å²) in [7, 11) is 0. The van der Waals surface area contributed by atoms with E-state index in [1.165, 1.54) is 0 Å². The van der Waals surface area contributed by atoms with Crippen LogP contribution >= 0.6 is 0 Å². The van der Waals surface area contributed by atoms with Crippen LogP contribution in [0.15, 0.2) is 36.8 Å². The molecule has 1 spiro atoms. The van der Waals surface area contributed by atoms with E-state index in [0.29, 0.717) is 11.9 Å². The lowest BCUT2D eigenvalue weighted by atomic mass is 9.99. The zero-order valence-electron chi connectivity index (χ0n) is 11.6. The van der Waals surface area contributed by atoms with Gasteiger partial charge in [0.05, 0.1) is 16.8 Å². The van der Waals surface area contributed by atoms with Gasteiger partial charge in [0.2, 0.25) is 5.91 Å². The third kappa shape index (κ3) is 1.47. The zero-order chi connectivity index (χ0) is 14.0. The van der Waals surface area contributed by atoms with Gasteiger partial charge in [-0.1, -0.05) is 0 Å². The van der Waals surface area contributed by atoms with E-state index in [4.69, 9.17) is 0 Å². The second-order valence-corrected chi connectivity index (χ2v) is 6.32. The summed E-state index contributed by atoms with van der Waals surface area (Å²) in [5, 5.41) is 0. The fraction of sp³-hybridized carbons (Fsp3) is 0.353. The maximum absolute atomic E-state index is 12.8. The molecule has 0 bridgehead atoms. The summed E-state index contributed by atoms with van der Waals surface area (Å²) in [5.41, 5.74) is 3.91. The molecule has 1 aliphatic heterocycles. The highest BCUT2D eigenvalue weighted by atomic mass is 16.2. The van der Waals surface area contributed by atoms with E-state index in [1.54, 1.807) is 6.20 Å². The van der Waals surface area contributed by atoms with Crippen LogP contribution in [0.3, 0.4) is 0 Å². The molecule has 21 heavy (non-hydrogen) atoms. The Kier molecular flexibility index (Phi) is 2.01. The van der Waals surface area contributed by atoms with Crippen LogP contribution in [0.4, 0.5) is 5.69 Å². The molecule has 2 fully saturated rings. The molecule has 2 aromatic rings. The summed E-state index contributed by atoms with van der Waals surface area (Å²) in [6, 6.07) is 6.42. The van der Waals surface area contributed by atoms with Crippen LogP contribution in [-0.2, 0) is 10.2 Å². The number of anilines is 1. The van der Waals surface area contributed by atoms with Gasteiger partial charge in [0, 0.05) is 35.8 Å². The highest BCUT2D eigenvalue weighted by Crippen LogP contribution is 2.59. The minimum atomic E-state index is -0.224. The second-order valence-electron chi connectivity index (χ2n) is 6.32. The Balaban J connectivity index is 1.67. The van der Waals surface area contributed by atoms with Crippen LogP contribution in [0.2, 0.25) is 0 Å². The number of carbonyl (C=O) groups excluding carboxylic acids is 1. The molecule has 1 amide bonds. The Morgan fingerprint density at radius 2 is 2.10 bits per heavy atom. The van der Waals surface area contributed by atoms with Gasteiger partial charge in [0.15, 0.2) is 0 Å². The second kappa shape index (κ2) is 3.70. The molecule has 2 aliphatic carbocycles. The molecule has 0 aromatic carbocycles. The van der Waals surface area contributed by atoms with Crippen molar-refractivity contribution in [1.82, 2.24) is 9.97 Å². The minimum absolute atomic E-state index is 0.224. The van der Waals surface area contributed by atoms with Crippen molar-refractivity contribution in [2.75, 3.05) is 4.90 Å². The van der Waals surface area contributed by atoms with E-state index in [0.717, 1.165) is 48.2 Å². The first-order chi connectivity index (χ1) is 10.3. The van der Waals surface area contributed by atoms with Crippen molar-refractivity contribution in [3.05, 3.63) is 42.4 Å². The standard InChI is InChI=1S/C17H15N3O/c21-16-17(5-6-17)13-10-19-14(11-2-1-7-18-9-11)8-15(13)20(16)12-3-4-12/h1-2,7-10,12H,3-6H2. The van der Waals surface area contributed by atoms with E-state index in [9.17, 15) is 4.79 Å². The molecule has 4 heteroatoms. The van der Waals surface area contributed by atoms with Crippen molar-refractivity contribution >= 4 is 11.6 Å². The van der Waals surface area contributed by atoms with Gasteiger partial charge < -0.3 is 4.90 Å². The number of nitrogens with zero attached hydrogens (tertiary/aromatic N) is 3. The summed E-state index contributed by atoms with van der Waals surface area (Å²) in [6.07, 6.45) is 9.73. The first-order valence-corrected chi connectivity index (χ1v) is 7.54. The third-order valence-corrected chi connectivity index (χ3v) is 4.90. The van der Waals surface area contributed by atoms with E-state index in [-0.39, 0.29) is 5.41 Å². The number of carbonyl (C=O) groups is 1. The molecule has 3 heterocycles. The van der Waals surface area contributed by atoms with Gasteiger partial charge in [0.1, 0.15) is 0 Å². The van der Waals surface area contributed by atoms with Crippen molar-refractivity contribution in [2.45, 2.75) is 37.1 Å². The topological polar surface area (TPSA) is 46.1 Å². The summed E-state index contributed by atoms with van der Waals surface area (Å²) in [5.74, 6) is 0.310. The van der Waals surface area contributed by atoms with E-state index >= 15 is 0 Å². The van der Waals surface area contributed by atoms with E-state index in [1.807, 2.05) is 29.4 Å². The van der Waals surface area contributed by atoms with Crippen LogP contribution in [0.1, 0.15) is 31.2 Å². The smallest absolute Gasteiger partial charge is 0.238 e. The normalized spacial score (nSPS) is 21.7. The lowest BCUT2D eigenvalue weighted by Crippen LogP contribution is -2.33. The number of amides is 1. The Bertz CT molecular complexity index is 748. The van der Waals surface area contributed by atoms with Crippen LogP contribution < -0.4 is 4.90 Å². The molecule has 2 saturated carbocycles. The average molecular weight is 277 g/mol. The first-order valence-electron chi connectivity index (χ1n) is 7.54. The molecule has 5 rings (SSSR count). The Hall–Kier alpha value is -2.23. The number of pyridine rings is 2. The maximum atomic E-state index is 12.8. The molecule has 0 atom stereocenters. The zero-order valence-corrected chi connectivity index (χ0v) is 11.6. The largest absolute Gasteiger partial charge is 0.308 e. The molecule has 0 unspecified atom stereocenters. The van der Waals surface area contributed by atoms with E-state index < -0.39 is 0 Å². The van der Waals surface area contributed by atoms with Crippen molar-refractivity contribution in [3.8, 4) is 11.3 Å². The number of aromatic nitrogens is 2. The molecule has 0 radical (unpaired) electrons. The number of rotatable bonds is 2. The van der Waals surface area contributed by atoms with Crippen LogP contribution in [0, 0.1) is 0 Å². The predicted molar refractivity (Wildman–Crippen MR) is 78.9 cm³/mol. The quantitative estimate of drug-likeness (QED) is 0.848. The SMILES string of the molecule is O=C1N(C2CC2)c2cc(-c3cccnc3)ncc2C12CC2. The van der Waals surface area contributed by atoms with Crippen molar-refractivity contribution in [3.63, 3.8) is 0 Å². The fourth-order valence-corrected chi connectivity index (χ4v) is 3.44. The fourth-order valence-electron chi connectivity index (χ4n) is 3.44. The minimum Gasteiger partial charge on any atom is -0.308 e. The highest BCUT2D eigenvalue weighted by molar-refractivity contribution is 6.11. The van der Waals surface area contributed by atoms with E-state index in [2.05, 4.69) is 16.0 Å². The predicted octanol–water partition coefficient (Wildman–Crippen LogP) is 2.68. The molecule has 104 valence electrons. The maximum Gasteiger partial charge on any atom is 0.238 e. The Labute approximate surface area is 122 Å². The molecular weight excluding hydrogens is 262 g/mol. The molecular formula is C17H15N3O. The molecule has 0 saturated heterocycles. The third-order valence-electron chi connectivity index (χ3n) is 4.90. The summed E-state index contributed by atoms with van der Waals surface area (Å²) < 4.78 is 0. The monoisotopic (exact) mass is 277 g/mol. The summed E-state index contributed by atoms with van der Waals surface area (Å²) in [4.78, 5) is 23.5. The van der Waals surface area contributed by atoms with Gasteiger partial charge in [-0.05, 0) is 43.9 Å². The highest BCUT2D eigenvalue weighted by Gasteiger charge is 2.61. The van der Waals surface area contributed by atoms with Gasteiger partial charge in [-0.2, -0.15) is 0 Å². The van der Waals surface area contributed by atoms with Crippen LogP contribution in [-0.4, -0.2) is 21.9 Å². The number of hydrogen-bond donors (Lipinski definition) is 0. The Morgan fingerprint density at radius 3 is 2.76 bits per heavy atom. The van der Waals surface area contributed by atoms with Gasteiger partial charge in [-0.15, -0.1) is 0 Å². The molecule has 2 aromatic heterocycles. The van der Waals surface area contributed by atoms with Crippen LogP contribution in [0.25, 0.3) is 11.3 Å². The molecule has 0 N–H and O–H groups in total. The summed E-state index contributed by atoms with van der Waals surface area (Å²) in [6.45, 7) is 0. The van der Waals surface area contributed by atoms with Crippen molar-refractivity contribution in [1.29, 1.82) is 0 Å².